The van der Waals surface area contributed by atoms with Gasteiger partial charge in [0.2, 0.25) is 0 Å². The predicted octanol–water partition coefficient (Wildman–Crippen LogP) is 0.726. The maximum absolute atomic E-state index is 4.29. The monoisotopic (exact) mass is 204 g/mol. The second-order valence-electron chi connectivity index (χ2n) is 4.48. The highest BCUT2D eigenvalue weighted by Gasteiger charge is 2.37. The van der Waals surface area contributed by atoms with Gasteiger partial charge in [-0.05, 0) is 31.9 Å². The minimum atomic E-state index is 0.626. The first-order chi connectivity index (χ1) is 7.34. The molecule has 2 atom stereocenters. The maximum Gasteiger partial charge on any atom is 0.151 e. The summed E-state index contributed by atoms with van der Waals surface area (Å²) < 4.78 is 0. The Kier molecular flexibility index (Phi) is 2.09. The summed E-state index contributed by atoms with van der Waals surface area (Å²) >= 11 is 0. The molecular weight excluding hydrogens is 188 g/mol. The third-order valence-electron chi connectivity index (χ3n) is 3.43. The van der Waals surface area contributed by atoms with Gasteiger partial charge in [-0.25, -0.2) is 0 Å². The predicted molar refractivity (Wildman–Crippen MR) is 58.9 cm³/mol. The molecule has 2 bridgehead atoms. The van der Waals surface area contributed by atoms with E-state index in [9.17, 15) is 0 Å². The summed E-state index contributed by atoms with van der Waals surface area (Å²) in [6.07, 6.45) is 2.57. The molecule has 0 saturated carbocycles. The first-order valence-corrected chi connectivity index (χ1v) is 5.64. The number of piperazine rings is 1. The molecule has 0 aliphatic carbocycles. The zero-order valence-corrected chi connectivity index (χ0v) is 8.98. The molecule has 4 nitrogen and oxygen atoms in total. The minimum absolute atomic E-state index is 0.626. The van der Waals surface area contributed by atoms with Crippen molar-refractivity contribution in [2.24, 2.45) is 0 Å². The average molecular weight is 204 g/mol. The van der Waals surface area contributed by atoms with Crippen LogP contribution in [0.1, 0.15) is 18.5 Å². The largest absolute Gasteiger partial charge is 0.347 e. The summed E-state index contributed by atoms with van der Waals surface area (Å²) in [4.78, 5) is 2.45. The third kappa shape index (κ3) is 1.49. The normalized spacial score (nSPS) is 29.5. The van der Waals surface area contributed by atoms with Gasteiger partial charge in [0.1, 0.15) is 0 Å². The van der Waals surface area contributed by atoms with Crippen molar-refractivity contribution in [3.8, 4) is 0 Å². The molecule has 1 aromatic rings. The van der Waals surface area contributed by atoms with Gasteiger partial charge < -0.3 is 10.2 Å². The molecule has 0 aromatic carbocycles. The molecule has 2 aliphatic heterocycles. The van der Waals surface area contributed by atoms with E-state index in [1.165, 1.54) is 12.8 Å². The van der Waals surface area contributed by atoms with Crippen LogP contribution in [-0.4, -0.2) is 35.4 Å². The number of aromatic nitrogens is 2. The standard InChI is InChI=1S/C11H16N4/c1-8-2-5-11(14-13-8)15-9-3-4-10(15)7-12-6-9/h2,5,9-10,12H,3-4,6-7H2,1H3. The van der Waals surface area contributed by atoms with E-state index in [1.54, 1.807) is 0 Å². The lowest BCUT2D eigenvalue weighted by Crippen LogP contribution is -2.52. The fourth-order valence-corrected chi connectivity index (χ4v) is 2.68. The number of anilines is 1. The molecule has 80 valence electrons. The van der Waals surface area contributed by atoms with E-state index in [1.807, 2.05) is 13.0 Å². The van der Waals surface area contributed by atoms with E-state index in [-0.39, 0.29) is 0 Å². The Morgan fingerprint density at radius 2 is 1.93 bits per heavy atom. The Balaban J connectivity index is 1.90. The van der Waals surface area contributed by atoms with Gasteiger partial charge >= 0.3 is 0 Å². The van der Waals surface area contributed by atoms with Crippen molar-refractivity contribution < 1.29 is 0 Å². The van der Waals surface area contributed by atoms with Gasteiger partial charge in [0.25, 0.3) is 0 Å². The van der Waals surface area contributed by atoms with Crippen LogP contribution in [0.15, 0.2) is 12.1 Å². The zero-order valence-electron chi connectivity index (χ0n) is 8.98. The Bertz CT molecular complexity index is 332. The number of nitrogens with one attached hydrogen (secondary N) is 1. The second-order valence-corrected chi connectivity index (χ2v) is 4.48. The lowest BCUT2D eigenvalue weighted by atomic mass is 10.2. The fourth-order valence-electron chi connectivity index (χ4n) is 2.68. The molecular formula is C11H16N4. The van der Waals surface area contributed by atoms with Crippen LogP contribution < -0.4 is 10.2 Å². The fraction of sp³-hybridized carbons (Fsp3) is 0.636. The smallest absolute Gasteiger partial charge is 0.151 e. The van der Waals surface area contributed by atoms with Crippen molar-refractivity contribution in [3.05, 3.63) is 17.8 Å². The Hall–Kier alpha value is -1.16. The van der Waals surface area contributed by atoms with Crippen LogP contribution in [0.5, 0.6) is 0 Å². The Labute approximate surface area is 89.7 Å². The summed E-state index contributed by atoms with van der Waals surface area (Å²) in [7, 11) is 0. The van der Waals surface area contributed by atoms with Crippen molar-refractivity contribution in [3.63, 3.8) is 0 Å². The lowest BCUT2D eigenvalue weighted by Gasteiger charge is -2.35. The van der Waals surface area contributed by atoms with Crippen LogP contribution >= 0.6 is 0 Å². The SMILES string of the molecule is Cc1ccc(N2C3CCC2CNC3)nn1. The first-order valence-electron chi connectivity index (χ1n) is 5.64. The Morgan fingerprint density at radius 1 is 1.20 bits per heavy atom. The molecule has 1 aromatic heterocycles. The summed E-state index contributed by atoms with van der Waals surface area (Å²) in [5.41, 5.74) is 0.987. The maximum atomic E-state index is 4.29. The third-order valence-corrected chi connectivity index (χ3v) is 3.43. The van der Waals surface area contributed by atoms with Crippen LogP contribution in [0, 0.1) is 6.92 Å². The van der Waals surface area contributed by atoms with E-state index in [0.717, 1.165) is 24.6 Å². The number of hydrogen-bond acceptors (Lipinski definition) is 4. The lowest BCUT2D eigenvalue weighted by molar-refractivity contribution is 0.479. The van der Waals surface area contributed by atoms with Crippen LogP contribution in [0.4, 0.5) is 5.82 Å². The molecule has 2 aliphatic rings. The molecule has 0 radical (unpaired) electrons. The molecule has 0 amide bonds. The number of nitrogens with zero attached hydrogens (tertiary/aromatic N) is 3. The van der Waals surface area contributed by atoms with Crippen LogP contribution in [0.25, 0.3) is 0 Å². The molecule has 3 heterocycles. The highest BCUT2D eigenvalue weighted by molar-refractivity contribution is 5.43. The molecule has 0 spiro atoms. The van der Waals surface area contributed by atoms with E-state index in [2.05, 4.69) is 26.5 Å². The summed E-state index contributed by atoms with van der Waals surface area (Å²) in [5.74, 6) is 1.05. The van der Waals surface area contributed by atoms with E-state index in [4.69, 9.17) is 0 Å². The van der Waals surface area contributed by atoms with Gasteiger partial charge in [-0.15, -0.1) is 5.10 Å². The summed E-state index contributed by atoms with van der Waals surface area (Å²) in [5, 5.41) is 11.9. The van der Waals surface area contributed by atoms with Gasteiger partial charge in [-0.2, -0.15) is 5.10 Å². The van der Waals surface area contributed by atoms with Crippen molar-refractivity contribution in [1.82, 2.24) is 15.5 Å². The van der Waals surface area contributed by atoms with Crippen molar-refractivity contribution in [1.29, 1.82) is 0 Å². The van der Waals surface area contributed by atoms with Crippen molar-refractivity contribution in [2.45, 2.75) is 31.8 Å². The van der Waals surface area contributed by atoms with Gasteiger partial charge in [-0.3, -0.25) is 0 Å². The number of hydrogen-bond donors (Lipinski definition) is 1. The quantitative estimate of drug-likeness (QED) is 0.732. The second kappa shape index (κ2) is 3.45. The average Bonchev–Trinajstić information content (AvgIpc) is 2.51. The molecule has 4 heteroatoms. The van der Waals surface area contributed by atoms with E-state index in [0.29, 0.717) is 12.1 Å². The highest BCUT2D eigenvalue weighted by Crippen LogP contribution is 2.30. The Morgan fingerprint density at radius 3 is 2.53 bits per heavy atom. The van der Waals surface area contributed by atoms with Gasteiger partial charge in [-0.1, -0.05) is 0 Å². The van der Waals surface area contributed by atoms with E-state index >= 15 is 0 Å². The molecule has 2 saturated heterocycles. The first kappa shape index (κ1) is 9.09. The number of fused-ring (bicyclic) bond motifs is 2. The van der Waals surface area contributed by atoms with E-state index < -0.39 is 0 Å². The minimum Gasteiger partial charge on any atom is -0.347 e. The molecule has 15 heavy (non-hydrogen) atoms. The van der Waals surface area contributed by atoms with Crippen LogP contribution in [0.2, 0.25) is 0 Å². The number of rotatable bonds is 1. The van der Waals surface area contributed by atoms with Gasteiger partial charge in [0.15, 0.2) is 5.82 Å². The molecule has 2 fully saturated rings. The van der Waals surface area contributed by atoms with Crippen molar-refractivity contribution >= 4 is 5.82 Å². The van der Waals surface area contributed by atoms with Crippen LogP contribution in [0.3, 0.4) is 0 Å². The van der Waals surface area contributed by atoms with Gasteiger partial charge in [0, 0.05) is 25.2 Å². The van der Waals surface area contributed by atoms with Crippen molar-refractivity contribution in [2.75, 3.05) is 18.0 Å². The zero-order chi connectivity index (χ0) is 10.3. The summed E-state index contributed by atoms with van der Waals surface area (Å²) in [6.45, 7) is 4.15. The molecule has 1 N–H and O–H groups in total. The topological polar surface area (TPSA) is 41.0 Å². The summed E-state index contributed by atoms with van der Waals surface area (Å²) in [6, 6.07) is 5.39. The molecule has 3 rings (SSSR count). The van der Waals surface area contributed by atoms with Crippen LogP contribution in [-0.2, 0) is 0 Å². The molecule has 2 unspecified atom stereocenters. The van der Waals surface area contributed by atoms with Gasteiger partial charge in [0.05, 0.1) is 5.69 Å². The number of aryl methyl sites for hydroxylation is 1. The highest BCUT2D eigenvalue weighted by atomic mass is 15.3.